The van der Waals surface area contributed by atoms with E-state index in [2.05, 4.69) is 25.4 Å². The molecular weight excluding hydrogens is 304 g/mol. The molecule has 4 aromatic heterocycles. The number of aryl methyl sites for hydroxylation is 2. The monoisotopic (exact) mass is 320 g/mol. The molecule has 8 nitrogen and oxygen atoms in total. The molecule has 4 aromatic rings. The van der Waals surface area contributed by atoms with Crippen molar-refractivity contribution >= 4 is 23.1 Å². The molecule has 8 heteroatoms. The van der Waals surface area contributed by atoms with E-state index >= 15 is 0 Å². The number of nitrogens with two attached hydrogens (primary N) is 1. The lowest BCUT2D eigenvalue weighted by Crippen LogP contribution is -2.01. The molecule has 3 N–H and O–H groups in total. The second kappa shape index (κ2) is 5.34. The third-order valence-electron chi connectivity index (χ3n) is 3.59. The highest BCUT2D eigenvalue weighted by molar-refractivity contribution is 5.78. The van der Waals surface area contributed by atoms with E-state index in [1.54, 1.807) is 10.7 Å². The van der Waals surface area contributed by atoms with Crippen molar-refractivity contribution in [2.24, 2.45) is 7.05 Å². The number of nitrogen functional groups attached to an aromatic ring is 1. The summed E-state index contributed by atoms with van der Waals surface area (Å²) in [5.74, 6) is 2.41. The first kappa shape index (κ1) is 14.2. The van der Waals surface area contributed by atoms with Crippen molar-refractivity contribution in [3.63, 3.8) is 0 Å². The number of nitrogens with zero attached hydrogens (tertiary/aromatic N) is 6. The number of nitrogens with one attached hydrogen (secondary N) is 1. The predicted molar refractivity (Wildman–Crippen MR) is 91.9 cm³/mol. The summed E-state index contributed by atoms with van der Waals surface area (Å²) in [6, 6.07) is 9.45. The third kappa shape index (κ3) is 2.43. The van der Waals surface area contributed by atoms with Crippen LogP contribution in [0.15, 0.2) is 42.7 Å². The van der Waals surface area contributed by atoms with Gasteiger partial charge in [0.2, 0.25) is 0 Å². The Morgan fingerprint density at radius 2 is 1.96 bits per heavy atom. The fourth-order valence-corrected chi connectivity index (χ4v) is 2.64. The van der Waals surface area contributed by atoms with Gasteiger partial charge in [-0.2, -0.15) is 5.10 Å². The zero-order chi connectivity index (χ0) is 16.7. The summed E-state index contributed by atoms with van der Waals surface area (Å²) < 4.78 is 3.69. The fourth-order valence-electron chi connectivity index (χ4n) is 2.64. The van der Waals surface area contributed by atoms with E-state index in [1.807, 2.05) is 55.0 Å². The molecule has 0 unspecified atom stereocenters. The summed E-state index contributed by atoms with van der Waals surface area (Å²) in [4.78, 5) is 13.3. The third-order valence-corrected chi connectivity index (χ3v) is 3.59. The van der Waals surface area contributed by atoms with E-state index in [9.17, 15) is 0 Å². The lowest BCUT2D eigenvalue weighted by atomic mass is 10.2. The Hall–Kier alpha value is -3.42. The molecule has 0 radical (unpaired) electrons. The molecule has 0 amide bonds. The number of anilines is 3. The number of imidazole rings is 1. The van der Waals surface area contributed by atoms with E-state index in [0.29, 0.717) is 29.0 Å². The minimum absolute atomic E-state index is 0.423. The molecule has 0 saturated carbocycles. The summed E-state index contributed by atoms with van der Waals surface area (Å²) in [5.41, 5.74) is 8.22. The van der Waals surface area contributed by atoms with Gasteiger partial charge in [-0.15, -0.1) is 0 Å². The fraction of sp³-hybridized carbons (Fsp3) is 0.125. The second-order valence-corrected chi connectivity index (χ2v) is 5.46. The molecular formula is C16H16N8. The molecule has 0 saturated heterocycles. The molecule has 4 heterocycles. The Labute approximate surface area is 138 Å². The summed E-state index contributed by atoms with van der Waals surface area (Å²) in [6.07, 6.45) is 3.81. The lowest BCUT2D eigenvalue weighted by Gasteiger charge is -2.07. The van der Waals surface area contributed by atoms with Crippen LogP contribution in [0.25, 0.3) is 17.0 Å². The average molecular weight is 320 g/mol. The number of fused-ring (bicyclic) bond motifs is 1. The molecule has 0 aliphatic rings. The van der Waals surface area contributed by atoms with Gasteiger partial charge in [0.25, 0.3) is 0 Å². The molecule has 0 spiro atoms. The van der Waals surface area contributed by atoms with E-state index < -0.39 is 0 Å². The van der Waals surface area contributed by atoms with Crippen molar-refractivity contribution in [3.05, 3.63) is 48.5 Å². The van der Waals surface area contributed by atoms with E-state index in [4.69, 9.17) is 5.73 Å². The van der Waals surface area contributed by atoms with E-state index in [1.165, 1.54) is 0 Å². The molecule has 120 valence electrons. The van der Waals surface area contributed by atoms with Gasteiger partial charge < -0.3 is 11.1 Å². The maximum absolute atomic E-state index is 5.90. The maximum atomic E-state index is 5.90. The Morgan fingerprint density at radius 1 is 1.08 bits per heavy atom. The van der Waals surface area contributed by atoms with E-state index in [-0.39, 0.29) is 0 Å². The molecule has 0 bridgehead atoms. The number of hydrogen-bond acceptors (Lipinski definition) is 6. The highest BCUT2D eigenvalue weighted by atomic mass is 15.3. The van der Waals surface area contributed by atoms with Gasteiger partial charge in [0, 0.05) is 31.6 Å². The standard InChI is InChI=1S/C16H16N8/c1-10-18-11(9-12(17)19-10)15-16(20-13-6-8-23(2)22-13)21-14-5-3-4-7-24(14)15/h3-9H,1-2H3,(H,20,22)(H2,17,18,19). The first-order valence-corrected chi connectivity index (χ1v) is 7.45. The lowest BCUT2D eigenvalue weighted by molar-refractivity contribution is 0.771. The van der Waals surface area contributed by atoms with Gasteiger partial charge in [-0.3, -0.25) is 9.08 Å². The Morgan fingerprint density at radius 3 is 2.71 bits per heavy atom. The Kier molecular flexibility index (Phi) is 3.16. The Bertz CT molecular complexity index is 1010. The average Bonchev–Trinajstić information content (AvgIpc) is 3.09. The molecule has 4 rings (SSSR count). The highest BCUT2D eigenvalue weighted by Gasteiger charge is 2.17. The van der Waals surface area contributed by atoms with Crippen LogP contribution >= 0.6 is 0 Å². The Balaban J connectivity index is 1.92. The summed E-state index contributed by atoms with van der Waals surface area (Å²) in [5, 5.41) is 7.60. The largest absolute Gasteiger partial charge is 0.384 e. The minimum atomic E-state index is 0.423. The van der Waals surface area contributed by atoms with Crippen molar-refractivity contribution in [1.29, 1.82) is 0 Å². The SMILES string of the molecule is Cc1nc(N)cc(-c2c(Nc3ccn(C)n3)nc3ccccn23)n1. The summed E-state index contributed by atoms with van der Waals surface area (Å²) in [6.45, 7) is 1.81. The zero-order valence-electron chi connectivity index (χ0n) is 13.3. The van der Waals surface area contributed by atoms with Gasteiger partial charge >= 0.3 is 0 Å². The molecule has 0 aromatic carbocycles. The summed E-state index contributed by atoms with van der Waals surface area (Å²) in [7, 11) is 1.87. The van der Waals surface area contributed by atoms with Crippen LogP contribution in [0.1, 0.15) is 5.82 Å². The normalized spacial score (nSPS) is 11.1. The second-order valence-electron chi connectivity index (χ2n) is 5.46. The van der Waals surface area contributed by atoms with Gasteiger partial charge in [-0.1, -0.05) is 6.07 Å². The first-order chi connectivity index (χ1) is 11.6. The number of hydrogen-bond donors (Lipinski definition) is 2. The predicted octanol–water partition coefficient (Wildman–Crippen LogP) is 2.16. The van der Waals surface area contributed by atoms with Crippen LogP contribution in [0.3, 0.4) is 0 Å². The van der Waals surface area contributed by atoms with Gasteiger partial charge in [-0.25, -0.2) is 15.0 Å². The minimum Gasteiger partial charge on any atom is -0.384 e. The first-order valence-electron chi connectivity index (χ1n) is 7.45. The van der Waals surface area contributed by atoms with Crippen LogP contribution in [0.4, 0.5) is 17.5 Å². The van der Waals surface area contributed by atoms with Crippen LogP contribution in [0.2, 0.25) is 0 Å². The maximum Gasteiger partial charge on any atom is 0.160 e. The van der Waals surface area contributed by atoms with Crippen LogP contribution in [-0.2, 0) is 7.05 Å². The quantitative estimate of drug-likeness (QED) is 0.600. The van der Waals surface area contributed by atoms with E-state index in [0.717, 1.165) is 11.3 Å². The number of rotatable bonds is 3. The van der Waals surface area contributed by atoms with Crippen molar-refractivity contribution in [1.82, 2.24) is 29.1 Å². The van der Waals surface area contributed by atoms with Crippen LogP contribution in [-0.4, -0.2) is 29.1 Å². The van der Waals surface area contributed by atoms with Gasteiger partial charge in [-0.05, 0) is 19.1 Å². The number of pyridine rings is 1. The van der Waals surface area contributed by atoms with Crippen LogP contribution < -0.4 is 11.1 Å². The zero-order valence-corrected chi connectivity index (χ0v) is 13.3. The molecule has 0 aliphatic heterocycles. The van der Waals surface area contributed by atoms with Crippen LogP contribution in [0, 0.1) is 6.92 Å². The molecule has 0 fully saturated rings. The molecule has 24 heavy (non-hydrogen) atoms. The van der Waals surface area contributed by atoms with Crippen molar-refractivity contribution in [2.45, 2.75) is 6.92 Å². The molecule has 0 atom stereocenters. The highest BCUT2D eigenvalue weighted by Crippen LogP contribution is 2.30. The van der Waals surface area contributed by atoms with Crippen molar-refractivity contribution < 1.29 is 0 Å². The van der Waals surface area contributed by atoms with Crippen molar-refractivity contribution in [2.75, 3.05) is 11.1 Å². The van der Waals surface area contributed by atoms with Crippen LogP contribution in [0.5, 0.6) is 0 Å². The molecule has 0 aliphatic carbocycles. The topological polar surface area (TPSA) is 98.9 Å². The van der Waals surface area contributed by atoms with Gasteiger partial charge in [0.15, 0.2) is 11.6 Å². The number of aromatic nitrogens is 6. The van der Waals surface area contributed by atoms with Gasteiger partial charge in [0.05, 0.1) is 5.69 Å². The van der Waals surface area contributed by atoms with Crippen molar-refractivity contribution in [3.8, 4) is 11.4 Å². The summed E-state index contributed by atoms with van der Waals surface area (Å²) >= 11 is 0. The smallest absolute Gasteiger partial charge is 0.160 e. The van der Waals surface area contributed by atoms with Gasteiger partial charge in [0.1, 0.15) is 23.0 Å².